The minimum Gasteiger partial charge on any atom is -0.492 e. The van der Waals surface area contributed by atoms with E-state index in [1.54, 1.807) is 24.3 Å². The molecule has 0 aliphatic carbocycles. The number of aliphatic hydroxyl groups is 1. The Bertz CT molecular complexity index is 704. The Morgan fingerprint density at radius 1 is 1.30 bits per heavy atom. The second-order valence-electron chi connectivity index (χ2n) is 5.64. The lowest BCUT2D eigenvalue weighted by Gasteiger charge is -2.25. The zero-order chi connectivity index (χ0) is 16.2. The molecular weight excluding hydrogens is 314 g/mol. The molecule has 4 nitrogen and oxygen atoms in total. The molecule has 0 aromatic heterocycles. The van der Waals surface area contributed by atoms with Gasteiger partial charge in [-0.3, -0.25) is 4.79 Å². The fourth-order valence-electron chi connectivity index (χ4n) is 2.67. The van der Waals surface area contributed by atoms with E-state index in [1.807, 2.05) is 24.3 Å². The van der Waals surface area contributed by atoms with Crippen molar-refractivity contribution in [3.63, 3.8) is 0 Å². The summed E-state index contributed by atoms with van der Waals surface area (Å²) in [4.78, 5) is 12.3. The summed E-state index contributed by atoms with van der Waals surface area (Å²) in [7, 11) is 0. The van der Waals surface area contributed by atoms with Crippen LogP contribution in [0.2, 0.25) is 5.02 Å². The molecule has 2 aromatic carbocycles. The van der Waals surface area contributed by atoms with Crippen LogP contribution in [0.1, 0.15) is 17.2 Å². The van der Waals surface area contributed by atoms with Gasteiger partial charge in [0.1, 0.15) is 12.4 Å². The minimum atomic E-state index is -0.783. The van der Waals surface area contributed by atoms with E-state index >= 15 is 0 Å². The summed E-state index contributed by atoms with van der Waals surface area (Å²) in [5, 5.41) is 13.5. The topological polar surface area (TPSA) is 58.6 Å². The molecule has 0 radical (unpaired) electrons. The lowest BCUT2D eigenvalue weighted by atomic mass is 9.96. The van der Waals surface area contributed by atoms with Gasteiger partial charge in [0.25, 0.3) is 0 Å². The molecule has 0 spiro atoms. The number of hydrogen-bond donors (Lipinski definition) is 2. The minimum absolute atomic E-state index is 0.111. The van der Waals surface area contributed by atoms with Gasteiger partial charge in [0.05, 0.1) is 12.0 Å². The third kappa shape index (κ3) is 3.84. The highest BCUT2D eigenvalue weighted by atomic mass is 35.5. The van der Waals surface area contributed by atoms with E-state index in [0.717, 1.165) is 11.3 Å². The second-order valence-corrected chi connectivity index (χ2v) is 6.07. The molecule has 0 unspecified atom stereocenters. The molecule has 1 amide bonds. The SMILES string of the molecule is O=C(NC[C@H](O)c1cccc(Cl)c1)[C@@H]1COc2ccccc2C1. The molecule has 23 heavy (non-hydrogen) atoms. The number of aliphatic hydroxyl groups excluding tert-OH is 1. The summed E-state index contributed by atoms with van der Waals surface area (Å²) in [5.41, 5.74) is 1.72. The number of ether oxygens (including phenoxy) is 1. The van der Waals surface area contributed by atoms with Crippen LogP contribution in [0.15, 0.2) is 48.5 Å². The molecule has 1 aliphatic rings. The van der Waals surface area contributed by atoms with Crippen LogP contribution in [0.5, 0.6) is 5.75 Å². The van der Waals surface area contributed by atoms with Gasteiger partial charge in [-0.25, -0.2) is 0 Å². The zero-order valence-electron chi connectivity index (χ0n) is 12.5. The van der Waals surface area contributed by atoms with Crippen LogP contribution in [-0.2, 0) is 11.2 Å². The monoisotopic (exact) mass is 331 g/mol. The largest absolute Gasteiger partial charge is 0.492 e. The number of nitrogens with one attached hydrogen (secondary N) is 1. The molecule has 2 aromatic rings. The van der Waals surface area contributed by atoms with Crippen molar-refractivity contribution in [2.45, 2.75) is 12.5 Å². The van der Waals surface area contributed by atoms with Gasteiger partial charge in [-0.05, 0) is 35.7 Å². The first kappa shape index (κ1) is 15.8. The van der Waals surface area contributed by atoms with E-state index in [1.165, 1.54) is 0 Å². The predicted octanol–water partition coefficient (Wildman–Crippen LogP) is 2.74. The maximum absolute atomic E-state index is 12.3. The molecule has 3 rings (SSSR count). The zero-order valence-corrected chi connectivity index (χ0v) is 13.3. The van der Waals surface area contributed by atoms with E-state index in [4.69, 9.17) is 16.3 Å². The number of rotatable bonds is 4. The van der Waals surface area contributed by atoms with Crippen molar-refractivity contribution < 1.29 is 14.6 Å². The lowest BCUT2D eigenvalue weighted by Crippen LogP contribution is -2.39. The Labute approximate surface area is 140 Å². The molecule has 2 N–H and O–H groups in total. The van der Waals surface area contributed by atoms with Crippen molar-refractivity contribution >= 4 is 17.5 Å². The van der Waals surface area contributed by atoms with Crippen molar-refractivity contribution in [2.24, 2.45) is 5.92 Å². The highest BCUT2D eigenvalue weighted by Crippen LogP contribution is 2.27. The van der Waals surface area contributed by atoms with Gasteiger partial charge >= 0.3 is 0 Å². The van der Waals surface area contributed by atoms with Crippen molar-refractivity contribution in [1.29, 1.82) is 0 Å². The smallest absolute Gasteiger partial charge is 0.226 e. The quantitative estimate of drug-likeness (QED) is 0.905. The first-order chi connectivity index (χ1) is 11.1. The Morgan fingerprint density at radius 3 is 2.96 bits per heavy atom. The van der Waals surface area contributed by atoms with E-state index in [-0.39, 0.29) is 18.4 Å². The summed E-state index contributed by atoms with van der Waals surface area (Å²) in [6.07, 6.45) is -0.135. The highest BCUT2D eigenvalue weighted by Gasteiger charge is 2.26. The molecule has 1 aliphatic heterocycles. The molecule has 0 fully saturated rings. The normalized spacial score (nSPS) is 17.7. The van der Waals surface area contributed by atoms with E-state index in [2.05, 4.69) is 5.32 Å². The number of carbonyl (C=O) groups excluding carboxylic acids is 1. The number of carbonyl (C=O) groups is 1. The second kappa shape index (κ2) is 7.02. The van der Waals surface area contributed by atoms with Crippen molar-refractivity contribution in [2.75, 3.05) is 13.2 Å². The van der Waals surface area contributed by atoms with Crippen molar-refractivity contribution in [3.8, 4) is 5.75 Å². The Hall–Kier alpha value is -2.04. The lowest BCUT2D eigenvalue weighted by molar-refractivity contribution is -0.126. The first-order valence-corrected chi connectivity index (χ1v) is 7.93. The molecule has 1 heterocycles. The summed E-state index contributed by atoms with van der Waals surface area (Å²) in [6, 6.07) is 14.7. The van der Waals surface area contributed by atoms with Gasteiger partial charge in [-0.15, -0.1) is 0 Å². The molecule has 0 bridgehead atoms. The average Bonchev–Trinajstić information content (AvgIpc) is 2.59. The fourth-order valence-corrected chi connectivity index (χ4v) is 2.87. The van der Waals surface area contributed by atoms with E-state index in [9.17, 15) is 9.90 Å². The van der Waals surface area contributed by atoms with Gasteiger partial charge in [-0.1, -0.05) is 41.9 Å². The standard InChI is InChI=1S/C18H18ClNO3/c19-15-6-3-5-12(9-15)16(21)10-20-18(22)14-8-13-4-1-2-7-17(13)23-11-14/h1-7,9,14,16,21H,8,10-11H2,(H,20,22)/t14-,16-/m0/s1. The van der Waals surface area contributed by atoms with Crippen LogP contribution in [0.4, 0.5) is 0 Å². The fraction of sp³-hybridized carbons (Fsp3) is 0.278. The molecule has 2 atom stereocenters. The summed E-state index contributed by atoms with van der Waals surface area (Å²) in [6.45, 7) is 0.507. The molecule has 5 heteroatoms. The van der Waals surface area contributed by atoms with Gasteiger partial charge in [0.15, 0.2) is 0 Å². The van der Waals surface area contributed by atoms with Crippen LogP contribution in [-0.4, -0.2) is 24.2 Å². The molecular formula is C18H18ClNO3. The Balaban J connectivity index is 1.56. The van der Waals surface area contributed by atoms with Crippen LogP contribution < -0.4 is 10.1 Å². The summed E-state index contributed by atoms with van der Waals surface area (Å²) < 4.78 is 5.62. The number of fused-ring (bicyclic) bond motifs is 1. The molecule has 120 valence electrons. The van der Waals surface area contributed by atoms with Gasteiger partial charge in [-0.2, -0.15) is 0 Å². The maximum atomic E-state index is 12.3. The number of amides is 1. The Morgan fingerprint density at radius 2 is 2.13 bits per heavy atom. The molecule has 0 saturated carbocycles. The van der Waals surface area contributed by atoms with Gasteiger partial charge < -0.3 is 15.2 Å². The maximum Gasteiger partial charge on any atom is 0.226 e. The summed E-state index contributed by atoms with van der Waals surface area (Å²) >= 11 is 5.91. The third-order valence-electron chi connectivity index (χ3n) is 3.95. The number of halogens is 1. The average molecular weight is 332 g/mol. The van der Waals surface area contributed by atoms with E-state index < -0.39 is 6.10 Å². The Kier molecular flexibility index (Phi) is 4.84. The number of hydrogen-bond acceptors (Lipinski definition) is 3. The molecule has 0 saturated heterocycles. The van der Waals surface area contributed by atoms with Crippen LogP contribution in [0.3, 0.4) is 0 Å². The predicted molar refractivity (Wildman–Crippen MR) is 88.6 cm³/mol. The van der Waals surface area contributed by atoms with Crippen LogP contribution in [0.25, 0.3) is 0 Å². The highest BCUT2D eigenvalue weighted by molar-refractivity contribution is 6.30. The first-order valence-electron chi connectivity index (χ1n) is 7.55. The van der Waals surface area contributed by atoms with Crippen molar-refractivity contribution in [3.05, 3.63) is 64.7 Å². The van der Waals surface area contributed by atoms with Gasteiger partial charge in [0.2, 0.25) is 5.91 Å². The van der Waals surface area contributed by atoms with Crippen LogP contribution >= 0.6 is 11.6 Å². The van der Waals surface area contributed by atoms with Gasteiger partial charge in [0, 0.05) is 11.6 Å². The van der Waals surface area contributed by atoms with Crippen molar-refractivity contribution in [1.82, 2.24) is 5.32 Å². The summed E-state index contributed by atoms with van der Waals surface area (Å²) in [5.74, 6) is 0.493. The van der Waals surface area contributed by atoms with Crippen LogP contribution in [0, 0.1) is 5.92 Å². The van der Waals surface area contributed by atoms with E-state index in [0.29, 0.717) is 23.6 Å². The number of benzene rings is 2. The third-order valence-corrected chi connectivity index (χ3v) is 4.19. The number of para-hydroxylation sites is 1.